The Balaban J connectivity index is 1.83. The van der Waals surface area contributed by atoms with Gasteiger partial charge < -0.3 is 10.2 Å². The Morgan fingerprint density at radius 1 is 1.32 bits per heavy atom. The zero-order chi connectivity index (χ0) is 13.6. The fourth-order valence-corrected chi connectivity index (χ4v) is 3.77. The molecular weight excluding hydrogens is 240 g/mol. The van der Waals surface area contributed by atoms with Gasteiger partial charge in [-0.2, -0.15) is 0 Å². The summed E-state index contributed by atoms with van der Waals surface area (Å²) in [5.41, 5.74) is -0.555. The van der Waals surface area contributed by atoms with Gasteiger partial charge in [0.2, 0.25) is 11.8 Å². The van der Waals surface area contributed by atoms with Crippen molar-refractivity contribution in [3.63, 3.8) is 0 Å². The molecule has 2 amide bonds. The molecule has 1 spiro atoms. The second-order valence-corrected chi connectivity index (χ2v) is 6.63. The van der Waals surface area contributed by atoms with Crippen LogP contribution in [0, 0.1) is 11.8 Å². The van der Waals surface area contributed by atoms with Crippen molar-refractivity contribution in [2.75, 3.05) is 6.54 Å². The van der Waals surface area contributed by atoms with Crippen molar-refractivity contribution in [2.24, 2.45) is 11.8 Å². The minimum Gasteiger partial charge on any atom is -0.340 e. The number of hydrogen-bond acceptors (Lipinski definition) is 2. The van der Waals surface area contributed by atoms with Gasteiger partial charge in [-0.1, -0.05) is 26.7 Å². The lowest BCUT2D eigenvalue weighted by Crippen LogP contribution is -2.69. The van der Waals surface area contributed by atoms with Crippen LogP contribution >= 0.6 is 0 Å². The van der Waals surface area contributed by atoms with Crippen LogP contribution in [0.5, 0.6) is 0 Å². The molecule has 0 aromatic rings. The van der Waals surface area contributed by atoms with E-state index in [0.29, 0.717) is 5.92 Å². The molecule has 4 nitrogen and oxygen atoms in total. The standard InChI is InChI=1S/C15H24N2O2/c1-3-12-13(18)16-15(6-4-5-7-15)14(19)17(12)9-11-8-10(11)2/h10-12H,3-9H2,1-2H3,(H,16,18). The molecule has 2 saturated carbocycles. The van der Waals surface area contributed by atoms with Crippen molar-refractivity contribution >= 4 is 11.8 Å². The Labute approximate surface area is 114 Å². The van der Waals surface area contributed by atoms with Gasteiger partial charge in [0.25, 0.3) is 0 Å². The third-order valence-corrected chi connectivity index (χ3v) is 5.26. The predicted molar refractivity (Wildman–Crippen MR) is 72.4 cm³/mol. The molecule has 1 heterocycles. The van der Waals surface area contributed by atoms with Gasteiger partial charge in [-0.15, -0.1) is 0 Å². The van der Waals surface area contributed by atoms with Crippen LogP contribution in [0.25, 0.3) is 0 Å². The van der Waals surface area contributed by atoms with Crippen LogP contribution in [0.1, 0.15) is 52.4 Å². The normalized spacial score (nSPS) is 36.7. The van der Waals surface area contributed by atoms with Gasteiger partial charge in [-0.3, -0.25) is 9.59 Å². The number of piperazine rings is 1. The Morgan fingerprint density at radius 2 is 1.95 bits per heavy atom. The highest BCUT2D eigenvalue weighted by Crippen LogP contribution is 2.41. The average molecular weight is 264 g/mol. The molecule has 1 saturated heterocycles. The lowest BCUT2D eigenvalue weighted by Gasteiger charge is -2.44. The molecule has 4 heteroatoms. The van der Waals surface area contributed by atoms with E-state index in [1.165, 1.54) is 6.42 Å². The largest absolute Gasteiger partial charge is 0.340 e. The molecule has 1 N–H and O–H groups in total. The topological polar surface area (TPSA) is 49.4 Å². The maximum atomic E-state index is 12.8. The zero-order valence-electron chi connectivity index (χ0n) is 11.9. The molecule has 3 aliphatic rings. The molecule has 3 fully saturated rings. The zero-order valence-corrected chi connectivity index (χ0v) is 11.9. The molecule has 3 atom stereocenters. The first-order valence-corrected chi connectivity index (χ1v) is 7.70. The molecule has 106 valence electrons. The van der Waals surface area contributed by atoms with E-state index in [9.17, 15) is 9.59 Å². The van der Waals surface area contributed by atoms with Crippen LogP contribution < -0.4 is 5.32 Å². The molecule has 1 aliphatic heterocycles. The number of carbonyl (C=O) groups excluding carboxylic acids is 2. The van der Waals surface area contributed by atoms with Gasteiger partial charge in [0, 0.05) is 6.54 Å². The average Bonchev–Trinajstić information content (AvgIpc) is 2.88. The van der Waals surface area contributed by atoms with Crippen LogP contribution in [-0.4, -0.2) is 34.8 Å². The van der Waals surface area contributed by atoms with Crippen molar-refractivity contribution in [2.45, 2.75) is 64.0 Å². The highest BCUT2D eigenvalue weighted by molar-refractivity contribution is 6.00. The van der Waals surface area contributed by atoms with Gasteiger partial charge in [-0.25, -0.2) is 0 Å². The van der Waals surface area contributed by atoms with E-state index in [1.54, 1.807) is 0 Å². The quantitative estimate of drug-likeness (QED) is 0.843. The lowest BCUT2D eigenvalue weighted by molar-refractivity contribution is -0.155. The third-order valence-electron chi connectivity index (χ3n) is 5.26. The van der Waals surface area contributed by atoms with Crippen molar-refractivity contribution in [1.82, 2.24) is 10.2 Å². The lowest BCUT2D eigenvalue weighted by atomic mass is 9.90. The number of nitrogens with one attached hydrogen (secondary N) is 1. The van der Waals surface area contributed by atoms with Gasteiger partial charge in [-0.05, 0) is 37.5 Å². The first kappa shape index (κ1) is 12.9. The summed E-state index contributed by atoms with van der Waals surface area (Å²) in [6, 6.07) is -0.244. The Kier molecular flexibility index (Phi) is 3.06. The molecular formula is C15H24N2O2. The van der Waals surface area contributed by atoms with E-state index in [0.717, 1.165) is 44.6 Å². The summed E-state index contributed by atoms with van der Waals surface area (Å²) in [7, 11) is 0. The Morgan fingerprint density at radius 3 is 2.47 bits per heavy atom. The molecule has 19 heavy (non-hydrogen) atoms. The van der Waals surface area contributed by atoms with Gasteiger partial charge in [0.15, 0.2) is 0 Å². The highest BCUT2D eigenvalue weighted by atomic mass is 16.2. The molecule has 3 rings (SSSR count). The number of rotatable bonds is 3. The summed E-state index contributed by atoms with van der Waals surface area (Å²) >= 11 is 0. The van der Waals surface area contributed by atoms with E-state index in [1.807, 2.05) is 11.8 Å². The molecule has 0 radical (unpaired) electrons. The summed E-state index contributed by atoms with van der Waals surface area (Å²) in [5, 5.41) is 3.05. The fourth-order valence-electron chi connectivity index (χ4n) is 3.77. The fraction of sp³-hybridized carbons (Fsp3) is 0.867. The van der Waals surface area contributed by atoms with Crippen molar-refractivity contribution in [3.05, 3.63) is 0 Å². The molecule has 3 unspecified atom stereocenters. The van der Waals surface area contributed by atoms with E-state index >= 15 is 0 Å². The van der Waals surface area contributed by atoms with E-state index in [4.69, 9.17) is 0 Å². The molecule has 0 bridgehead atoms. The van der Waals surface area contributed by atoms with E-state index < -0.39 is 5.54 Å². The summed E-state index contributed by atoms with van der Waals surface area (Å²) in [4.78, 5) is 27.1. The van der Waals surface area contributed by atoms with Gasteiger partial charge in [0.05, 0.1) is 0 Å². The van der Waals surface area contributed by atoms with Crippen LogP contribution in [0.4, 0.5) is 0 Å². The van der Waals surface area contributed by atoms with Crippen LogP contribution in [0.2, 0.25) is 0 Å². The Hall–Kier alpha value is -1.06. The minimum absolute atomic E-state index is 0.0669. The SMILES string of the molecule is CCC1C(=O)NC2(CCCC2)C(=O)N1CC1CC1C. The predicted octanol–water partition coefficient (Wildman–Crippen LogP) is 1.69. The number of hydrogen-bond donors (Lipinski definition) is 1. The smallest absolute Gasteiger partial charge is 0.249 e. The van der Waals surface area contributed by atoms with Gasteiger partial charge >= 0.3 is 0 Å². The summed E-state index contributed by atoms with van der Waals surface area (Å²) in [5.74, 6) is 1.59. The second kappa shape index (κ2) is 4.50. The maximum Gasteiger partial charge on any atom is 0.249 e. The third kappa shape index (κ3) is 2.05. The Bertz CT molecular complexity index is 401. The van der Waals surface area contributed by atoms with E-state index in [-0.39, 0.29) is 17.9 Å². The molecule has 0 aromatic carbocycles. The first-order valence-electron chi connectivity index (χ1n) is 7.70. The van der Waals surface area contributed by atoms with Crippen molar-refractivity contribution in [1.29, 1.82) is 0 Å². The van der Waals surface area contributed by atoms with E-state index in [2.05, 4.69) is 12.2 Å². The van der Waals surface area contributed by atoms with Crippen LogP contribution in [-0.2, 0) is 9.59 Å². The monoisotopic (exact) mass is 264 g/mol. The second-order valence-electron chi connectivity index (χ2n) is 6.63. The molecule has 0 aromatic heterocycles. The van der Waals surface area contributed by atoms with Crippen molar-refractivity contribution < 1.29 is 9.59 Å². The first-order chi connectivity index (χ1) is 9.07. The van der Waals surface area contributed by atoms with Crippen LogP contribution in [0.3, 0.4) is 0 Å². The van der Waals surface area contributed by atoms with Crippen LogP contribution in [0.15, 0.2) is 0 Å². The highest BCUT2D eigenvalue weighted by Gasteiger charge is 2.52. The number of nitrogens with zero attached hydrogens (tertiary/aromatic N) is 1. The summed E-state index contributed by atoms with van der Waals surface area (Å²) < 4.78 is 0. The minimum atomic E-state index is -0.555. The summed E-state index contributed by atoms with van der Waals surface area (Å²) in [6.45, 7) is 5.01. The maximum absolute atomic E-state index is 12.8. The van der Waals surface area contributed by atoms with Gasteiger partial charge in [0.1, 0.15) is 11.6 Å². The number of carbonyl (C=O) groups is 2. The summed E-state index contributed by atoms with van der Waals surface area (Å²) in [6.07, 6.45) is 5.67. The molecule has 2 aliphatic carbocycles. The number of amides is 2. The van der Waals surface area contributed by atoms with Crippen molar-refractivity contribution in [3.8, 4) is 0 Å².